The number of ether oxygens (including phenoxy) is 1. The number of amides is 1. The first-order chi connectivity index (χ1) is 6.93. The molecule has 88 valence electrons. The van der Waals surface area contributed by atoms with Gasteiger partial charge in [0.15, 0.2) is 0 Å². The van der Waals surface area contributed by atoms with Gasteiger partial charge in [-0.05, 0) is 12.8 Å². The average molecular weight is 217 g/mol. The second kappa shape index (κ2) is 7.23. The molecule has 0 saturated heterocycles. The van der Waals surface area contributed by atoms with E-state index in [0.29, 0.717) is 19.1 Å². The van der Waals surface area contributed by atoms with Crippen LogP contribution in [0.15, 0.2) is 0 Å². The second-order valence-corrected chi connectivity index (χ2v) is 3.85. The summed E-state index contributed by atoms with van der Waals surface area (Å²) in [5, 5.41) is 10.9. The molecule has 0 bridgehead atoms. The van der Waals surface area contributed by atoms with Crippen molar-refractivity contribution >= 4 is 11.9 Å². The van der Waals surface area contributed by atoms with Gasteiger partial charge in [-0.15, -0.1) is 0 Å². The Hall–Kier alpha value is -1.10. The van der Waals surface area contributed by atoms with Crippen LogP contribution in [-0.2, 0) is 14.3 Å². The Labute approximate surface area is 89.8 Å². The number of hydrogen-bond donors (Lipinski definition) is 2. The summed E-state index contributed by atoms with van der Waals surface area (Å²) >= 11 is 0. The SMILES string of the molecule is CC(C)COCCC(=O)N[C@H](C)C(=O)O. The third kappa shape index (κ3) is 7.93. The number of rotatable bonds is 7. The van der Waals surface area contributed by atoms with Crippen molar-refractivity contribution in [2.45, 2.75) is 33.2 Å². The lowest BCUT2D eigenvalue weighted by Crippen LogP contribution is -2.38. The fourth-order valence-electron chi connectivity index (χ4n) is 0.859. The van der Waals surface area contributed by atoms with Crippen LogP contribution in [0.4, 0.5) is 0 Å². The van der Waals surface area contributed by atoms with Crippen molar-refractivity contribution < 1.29 is 19.4 Å². The lowest BCUT2D eigenvalue weighted by molar-refractivity contribution is -0.141. The maximum Gasteiger partial charge on any atom is 0.325 e. The van der Waals surface area contributed by atoms with E-state index in [9.17, 15) is 9.59 Å². The zero-order valence-electron chi connectivity index (χ0n) is 9.45. The van der Waals surface area contributed by atoms with E-state index in [1.165, 1.54) is 6.92 Å². The largest absolute Gasteiger partial charge is 0.480 e. The molecule has 0 saturated carbocycles. The highest BCUT2D eigenvalue weighted by Crippen LogP contribution is 1.93. The molecule has 0 aromatic heterocycles. The van der Waals surface area contributed by atoms with Crippen LogP contribution < -0.4 is 5.32 Å². The van der Waals surface area contributed by atoms with Crippen molar-refractivity contribution in [2.75, 3.05) is 13.2 Å². The molecule has 0 rings (SSSR count). The summed E-state index contributed by atoms with van der Waals surface area (Å²) in [6, 6.07) is -0.845. The smallest absolute Gasteiger partial charge is 0.325 e. The van der Waals surface area contributed by atoms with Gasteiger partial charge in [-0.2, -0.15) is 0 Å². The monoisotopic (exact) mass is 217 g/mol. The van der Waals surface area contributed by atoms with Crippen LogP contribution in [0.1, 0.15) is 27.2 Å². The molecule has 15 heavy (non-hydrogen) atoms. The van der Waals surface area contributed by atoms with Crippen molar-refractivity contribution in [1.29, 1.82) is 0 Å². The summed E-state index contributed by atoms with van der Waals surface area (Å²) in [6.07, 6.45) is 0.199. The van der Waals surface area contributed by atoms with E-state index in [1.807, 2.05) is 13.8 Å². The zero-order valence-corrected chi connectivity index (χ0v) is 9.45. The molecule has 0 fully saturated rings. The standard InChI is InChI=1S/C10H19NO4/c1-7(2)6-15-5-4-9(12)11-8(3)10(13)14/h7-8H,4-6H2,1-3H3,(H,11,12)(H,13,14)/t8-/m1/s1. The van der Waals surface area contributed by atoms with Crippen molar-refractivity contribution in [3.05, 3.63) is 0 Å². The van der Waals surface area contributed by atoms with Gasteiger partial charge in [0.1, 0.15) is 6.04 Å². The predicted molar refractivity (Wildman–Crippen MR) is 55.5 cm³/mol. The first kappa shape index (κ1) is 13.9. The van der Waals surface area contributed by atoms with Crippen LogP contribution in [0.3, 0.4) is 0 Å². The summed E-state index contributed by atoms with van der Waals surface area (Å²) in [5.41, 5.74) is 0. The van der Waals surface area contributed by atoms with Gasteiger partial charge in [0.2, 0.25) is 5.91 Å². The molecule has 0 aliphatic carbocycles. The van der Waals surface area contributed by atoms with E-state index < -0.39 is 12.0 Å². The first-order valence-corrected chi connectivity index (χ1v) is 5.03. The molecule has 0 aromatic rings. The molecule has 5 nitrogen and oxygen atoms in total. The zero-order chi connectivity index (χ0) is 11.8. The molecule has 0 unspecified atom stereocenters. The van der Waals surface area contributed by atoms with Gasteiger partial charge in [-0.3, -0.25) is 9.59 Å². The van der Waals surface area contributed by atoms with Gasteiger partial charge in [-0.25, -0.2) is 0 Å². The highest BCUT2D eigenvalue weighted by atomic mass is 16.5. The molecule has 0 aliphatic heterocycles. The molecule has 1 atom stereocenters. The lowest BCUT2D eigenvalue weighted by atomic mass is 10.2. The fraction of sp³-hybridized carbons (Fsp3) is 0.800. The topological polar surface area (TPSA) is 75.6 Å². The van der Waals surface area contributed by atoms with Gasteiger partial charge in [0.05, 0.1) is 6.61 Å². The van der Waals surface area contributed by atoms with E-state index in [2.05, 4.69) is 5.32 Å². The quantitative estimate of drug-likeness (QED) is 0.613. The Kier molecular flexibility index (Phi) is 6.70. The van der Waals surface area contributed by atoms with E-state index >= 15 is 0 Å². The minimum Gasteiger partial charge on any atom is -0.480 e. The summed E-state index contributed by atoms with van der Waals surface area (Å²) in [7, 11) is 0. The number of carbonyl (C=O) groups is 2. The Balaban J connectivity index is 3.54. The van der Waals surface area contributed by atoms with Crippen LogP contribution in [0.2, 0.25) is 0 Å². The molecule has 1 amide bonds. The highest BCUT2D eigenvalue weighted by Gasteiger charge is 2.13. The van der Waals surface area contributed by atoms with E-state index in [1.54, 1.807) is 0 Å². The van der Waals surface area contributed by atoms with Crippen LogP contribution in [0.25, 0.3) is 0 Å². The van der Waals surface area contributed by atoms with Crippen molar-refractivity contribution in [1.82, 2.24) is 5.32 Å². The molecular formula is C10H19NO4. The maximum atomic E-state index is 11.1. The Bertz CT molecular complexity index is 215. The van der Waals surface area contributed by atoms with Crippen molar-refractivity contribution in [3.8, 4) is 0 Å². The van der Waals surface area contributed by atoms with Gasteiger partial charge in [-0.1, -0.05) is 13.8 Å². The summed E-state index contributed by atoms with van der Waals surface area (Å²) in [5.74, 6) is -0.897. The third-order valence-electron chi connectivity index (χ3n) is 1.67. The summed E-state index contributed by atoms with van der Waals surface area (Å²) < 4.78 is 5.20. The normalized spacial score (nSPS) is 12.5. The van der Waals surface area contributed by atoms with Crippen molar-refractivity contribution in [3.63, 3.8) is 0 Å². The Morgan fingerprint density at radius 3 is 2.40 bits per heavy atom. The highest BCUT2D eigenvalue weighted by molar-refractivity contribution is 5.83. The van der Waals surface area contributed by atoms with Gasteiger partial charge < -0.3 is 15.2 Å². The lowest BCUT2D eigenvalue weighted by Gasteiger charge is -2.10. The molecule has 0 aromatic carbocycles. The Morgan fingerprint density at radius 1 is 1.33 bits per heavy atom. The van der Waals surface area contributed by atoms with Gasteiger partial charge in [0, 0.05) is 13.0 Å². The first-order valence-electron chi connectivity index (χ1n) is 5.03. The second-order valence-electron chi connectivity index (χ2n) is 3.85. The summed E-state index contributed by atoms with van der Waals surface area (Å²) in [6.45, 7) is 6.41. The van der Waals surface area contributed by atoms with Gasteiger partial charge >= 0.3 is 5.97 Å². The molecule has 0 spiro atoms. The van der Waals surface area contributed by atoms with Crippen LogP contribution in [0.5, 0.6) is 0 Å². The van der Waals surface area contributed by atoms with Crippen LogP contribution >= 0.6 is 0 Å². The summed E-state index contributed by atoms with van der Waals surface area (Å²) in [4.78, 5) is 21.6. The number of carbonyl (C=O) groups excluding carboxylic acids is 1. The minimum atomic E-state index is -1.04. The van der Waals surface area contributed by atoms with E-state index in [4.69, 9.17) is 9.84 Å². The van der Waals surface area contributed by atoms with Crippen LogP contribution in [-0.4, -0.2) is 36.2 Å². The van der Waals surface area contributed by atoms with E-state index in [-0.39, 0.29) is 12.3 Å². The number of carboxylic acids is 1. The molecule has 0 aliphatic rings. The van der Waals surface area contributed by atoms with E-state index in [0.717, 1.165) is 0 Å². The molecular weight excluding hydrogens is 198 g/mol. The number of hydrogen-bond acceptors (Lipinski definition) is 3. The Morgan fingerprint density at radius 2 is 1.93 bits per heavy atom. The molecule has 0 radical (unpaired) electrons. The molecule has 0 heterocycles. The maximum absolute atomic E-state index is 11.1. The molecule has 5 heteroatoms. The fourth-order valence-corrected chi connectivity index (χ4v) is 0.859. The number of carboxylic acid groups (broad SMARTS) is 1. The number of nitrogens with one attached hydrogen (secondary N) is 1. The third-order valence-corrected chi connectivity index (χ3v) is 1.67. The average Bonchev–Trinajstić information content (AvgIpc) is 2.12. The number of aliphatic carboxylic acids is 1. The minimum absolute atomic E-state index is 0.199. The van der Waals surface area contributed by atoms with Crippen LogP contribution in [0, 0.1) is 5.92 Å². The predicted octanol–water partition coefficient (Wildman–Crippen LogP) is 0.638. The molecule has 2 N–H and O–H groups in total. The van der Waals surface area contributed by atoms with Crippen molar-refractivity contribution in [2.24, 2.45) is 5.92 Å². The van der Waals surface area contributed by atoms with Gasteiger partial charge in [0.25, 0.3) is 0 Å².